The summed E-state index contributed by atoms with van der Waals surface area (Å²) in [4.78, 5) is 15.7. The maximum Gasteiger partial charge on any atom is 0.416 e. The molecule has 13 heteroatoms. The van der Waals surface area contributed by atoms with Gasteiger partial charge in [-0.05, 0) is 35.9 Å². The Morgan fingerprint density at radius 3 is 2.41 bits per heavy atom. The molecular formula is C21H17ClF4N6O2. The Balaban J connectivity index is 1.64. The largest absolute Gasteiger partial charge is 0.416 e. The molecule has 178 valence electrons. The van der Waals surface area contributed by atoms with E-state index in [-0.39, 0.29) is 24.6 Å². The maximum absolute atomic E-state index is 13.9. The number of benzene rings is 2. The Labute approximate surface area is 194 Å². The Hall–Kier alpha value is -3.51. The van der Waals surface area contributed by atoms with Gasteiger partial charge >= 0.3 is 11.9 Å². The molecule has 0 aliphatic heterocycles. The first-order valence-electron chi connectivity index (χ1n) is 9.94. The summed E-state index contributed by atoms with van der Waals surface area (Å²) >= 11 is 5.87. The van der Waals surface area contributed by atoms with Crippen molar-refractivity contribution < 1.29 is 22.7 Å². The Morgan fingerprint density at radius 1 is 1.06 bits per heavy atom. The summed E-state index contributed by atoms with van der Waals surface area (Å²) in [6, 6.07) is 12.1. The van der Waals surface area contributed by atoms with E-state index < -0.39 is 30.3 Å². The van der Waals surface area contributed by atoms with Gasteiger partial charge in [-0.1, -0.05) is 29.8 Å². The number of halogens is 5. The second-order valence-electron chi connectivity index (χ2n) is 7.43. The number of hydrogen-bond acceptors (Lipinski definition) is 5. The average molecular weight is 497 g/mol. The highest BCUT2D eigenvalue weighted by Gasteiger charge is 2.39. The van der Waals surface area contributed by atoms with Crippen molar-refractivity contribution in [2.75, 3.05) is 0 Å². The summed E-state index contributed by atoms with van der Waals surface area (Å²) in [6.07, 6.45) is -7.58. The first kappa shape index (κ1) is 23.6. The van der Waals surface area contributed by atoms with Gasteiger partial charge in [-0.25, -0.2) is 13.9 Å². The van der Waals surface area contributed by atoms with Crippen molar-refractivity contribution in [2.24, 2.45) is 0 Å². The van der Waals surface area contributed by atoms with Crippen LogP contribution in [0.15, 0.2) is 53.3 Å². The zero-order chi connectivity index (χ0) is 24.5. The van der Waals surface area contributed by atoms with Crippen LogP contribution >= 0.6 is 11.6 Å². The second kappa shape index (κ2) is 9.39. The third-order valence-electron chi connectivity index (χ3n) is 4.95. The fraction of sp³-hybridized carbons (Fsp3) is 0.238. The molecule has 4 rings (SSSR count). The van der Waals surface area contributed by atoms with Crippen LogP contribution in [0.2, 0.25) is 5.02 Å². The molecule has 0 fully saturated rings. The first-order chi connectivity index (χ1) is 16.1. The highest BCUT2D eigenvalue weighted by Crippen LogP contribution is 2.24. The molecule has 0 unspecified atom stereocenters. The van der Waals surface area contributed by atoms with Crippen LogP contribution < -0.4 is 5.69 Å². The Morgan fingerprint density at radius 2 is 1.74 bits per heavy atom. The smallest absolute Gasteiger partial charge is 0.382 e. The molecule has 8 nitrogen and oxygen atoms in total. The summed E-state index contributed by atoms with van der Waals surface area (Å²) in [5.74, 6) is 0.0254. The molecule has 0 saturated heterocycles. The van der Waals surface area contributed by atoms with Gasteiger partial charge in [-0.3, -0.25) is 4.57 Å². The number of aromatic nitrogens is 6. The minimum Gasteiger partial charge on any atom is -0.382 e. The van der Waals surface area contributed by atoms with Gasteiger partial charge in [-0.15, -0.1) is 15.3 Å². The van der Waals surface area contributed by atoms with E-state index in [1.54, 1.807) is 18.2 Å². The number of nitrogens with one attached hydrogen (secondary N) is 1. The zero-order valence-corrected chi connectivity index (χ0v) is 18.1. The van der Waals surface area contributed by atoms with Crippen molar-refractivity contribution in [3.05, 3.63) is 87.1 Å². The van der Waals surface area contributed by atoms with Crippen molar-refractivity contribution in [2.45, 2.75) is 31.8 Å². The third-order valence-corrected chi connectivity index (χ3v) is 5.21. The van der Waals surface area contributed by atoms with Crippen molar-refractivity contribution in [3.8, 4) is 11.4 Å². The fourth-order valence-corrected chi connectivity index (χ4v) is 3.38. The summed E-state index contributed by atoms with van der Waals surface area (Å²) < 4.78 is 54.4. The second-order valence-corrected chi connectivity index (χ2v) is 7.86. The van der Waals surface area contributed by atoms with Gasteiger partial charge in [0.25, 0.3) is 0 Å². The fourth-order valence-electron chi connectivity index (χ4n) is 3.25. The lowest BCUT2D eigenvalue weighted by atomic mass is 10.1. The van der Waals surface area contributed by atoms with E-state index in [1.165, 1.54) is 30.3 Å². The van der Waals surface area contributed by atoms with E-state index in [0.29, 0.717) is 22.0 Å². The molecule has 1 atom stereocenters. The summed E-state index contributed by atoms with van der Waals surface area (Å²) in [5, 5.41) is 21.9. The SMILES string of the molecule is O=c1n(Cc2nnc(Cc3ccccc3F)[nH]2)nc(-c2ccc(Cl)cc2)n1C[C@@H](O)C(F)(F)F. The standard InChI is InChI=1S/C21H17ClF4N6O2/c22-14-7-5-12(6-8-14)19-30-32(20(34)31(19)10-16(33)21(24,25)26)11-18-27-17(28-29-18)9-13-3-1-2-4-15(13)23/h1-8,16,33H,9-11H2,(H,27,28,29)/t16-/m1/s1. The lowest BCUT2D eigenvalue weighted by molar-refractivity contribution is -0.207. The van der Waals surface area contributed by atoms with E-state index in [0.717, 1.165) is 9.25 Å². The molecule has 2 heterocycles. The average Bonchev–Trinajstić information content (AvgIpc) is 3.35. The number of nitrogens with zero attached hydrogens (tertiary/aromatic N) is 5. The van der Waals surface area contributed by atoms with Gasteiger partial charge in [-0.2, -0.15) is 13.2 Å². The quantitative estimate of drug-likeness (QED) is 0.383. The Kier molecular flexibility index (Phi) is 6.53. The third kappa shape index (κ3) is 5.18. The monoisotopic (exact) mass is 496 g/mol. The van der Waals surface area contributed by atoms with E-state index >= 15 is 0 Å². The number of aromatic amines is 1. The van der Waals surface area contributed by atoms with Gasteiger partial charge in [0, 0.05) is 17.0 Å². The van der Waals surface area contributed by atoms with Crippen LogP contribution in [0.25, 0.3) is 11.4 Å². The van der Waals surface area contributed by atoms with Crippen molar-refractivity contribution in [1.29, 1.82) is 0 Å². The summed E-state index contributed by atoms with van der Waals surface area (Å²) in [6.45, 7) is -1.28. The number of rotatable bonds is 7. The van der Waals surface area contributed by atoms with Crippen molar-refractivity contribution in [3.63, 3.8) is 0 Å². The molecule has 0 amide bonds. The minimum absolute atomic E-state index is 0.0870. The number of H-pyrrole nitrogens is 1. The number of aliphatic hydroxyl groups excluding tert-OH is 1. The van der Waals surface area contributed by atoms with Crippen LogP contribution in [0.4, 0.5) is 17.6 Å². The summed E-state index contributed by atoms with van der Waals surface area (Å²) in [5.41, 5.74) is -0.175. The molecular weight excluding hydrogens is 480 g/mol. The van der Waals surface area contributed by atoms with Crippen molar-refractivity contribution >= 4 is 11.6 Å². The Bertz CT molecular complexity index is 1350. The molecule has 0 aliphatic rings. The van der Waals surface area contributed by atoms with Crippen molar-refractivity contribution in [1.82, 2.24) is 29.5 Å². The summed E-state index contributed by atoms with van der Waals surface area (Å²) in [7, 11) is 0. The molecule has 2 aromatic heterocycles. The molecule has 34 heavy (non-hydrogen) atoms. The van der Waals surface area contributed by atoms with Gasteiger partial charge in [0.05, 0.1) is 6.54 Å². The molecule has 4 aromatic rings. The molecule has 2 N–H and O–H groups in total. The van der Waals surface area contributed by atoms with Crippen LogP contribution in [0, 0.1) is 5.82 Å². The van der Waals surface area contributed by atoms with Crippen LogP contribution in [0.3, 0.4) is 0 Å². The molecule has 0 bridgehead atoms. The minimum atomic E-state index is -4.93. The van der Waals surface area contributed by atoms with Crippen LogP contribution in [0.1, 0.15) is 17.2 Å². The van der Waals surface area contributed by atoms with E-state index in [1.807, 2.05) is 0 Å². The lowest BCUT2D eigenvalue weighted by Crippen LogP contribution is -2.37. The van der Waals surface area contributed by atoms with Crippen LogP contribution in [-0.2, 0) is 19.5 Å². The van der Waals surface area contributed by atoms with E-state index in [9.17, 15) is 27.5 Å². The number of alkyl halides is 3. The van der Waals surface area contributed by atoms with Crippen LogP contribution in [0.5, 0.6) is 0 Å². The molecule has 2 aromatic carbocycles. The first-order valence-corrected chi connectivity index (χ1v) is 10.3. The topological polar surface area (TPSA) is 102 Å². The lowest BCUT2D eigenvalue weighted by Gasteiger charge is -2.15. The van der Waals surface area contributed by atoms with Crippen LogP contribution in [-0.4, -0.2) is 46.9 Å². The molecule has 0 spiro atoms. The van der Waals surface area contributed by atoms with Gasteiger partial charge in [0.1, 0.15) is 18.2 Å². The van der Waals surface area contributed by atoms with Gasteiger partial charge in [0.15, 0.2) is 17.8 Å². The molecule has 0 aliphatic carbocycles. The van der Waals surface area contributed by atoms with E-state index in [4.69, 9.17) is 11.6 Å². The highest BCUT2D eigenvalue weighted by atomic mass is 35.5. The predicted molar refractivity (Wildman–Crippen MR) is 114 cm³/mol. The molecule has 0 radical (unpaired) electrons. The highest BCUT2D eigenvalue weighted by molar-refractivity contribution is 6.30. The van der Waals surface area contributed by atoms with E-state index in [2.05, 4.69) is 20.3 Å². The number of aliphatic hydroxyl groups is 1. The normalized spacial score (nSPS) is 12.8. The van der Waals surface area contributed by atoms with Gasteiger partial charge in [0.2, 0.25) is 0 Å². The molecule has 0 saturated carbocycles. The predicted octanol–water partition coefficient (Wildman–Crippen LogP) is 3.18. The zero-order valence-electron chi connectivity index (χ0n) is 17.3. The number of hydrogen-bond donors (Lipinski definition) is 2. The maximum atomic E-state index is 13.9. The van der Waals surface area contributed by atoms with Gasteiger partial charge < -0.3 is 10.1 Å².